The summed E-state index contributed by atoms with van der Waals surface area (Å²) in [6.07, 6.45) is 1.64. The molecule has 3 rings (SSSR count). The van der Waals surface area contributed by atoms with E-state index in [0.29, 0.717) is 25.1 Å². The van der Waals surface area contributed by atoms with E-state index in [1.807, 2.05) is 23.6 Å². The van der Waals surface area contributed by atoms with Gasteiger partial charge in [0.1, 0.15) is 5.75 Å². The first-order chi connectivity index (χ1) is 14.1. The van der Waals surface area contributed by atoms with Crippen LogP contribution in [-0.4, -0.2) is 35.0 Å². The van der Waals surface area contributed by atoms with Crippen molar-refractivity contribution >= 4 is 23.2 Å². The molecule has 0 saturated heterocycles. The van der Waals surface area contributed by atoms with Crippen molar-refractivity contribution in [2.24, 2.45) is 0 Å². The van der Waals surface area contributed by atoms with Crippen molar-refractivity contribution in [2.45, 2.75) is 19.3 Å². The van der Waals surface area contributed by atoms with Crippen LogP contribution in [-0.2, 0) is 17.6 Å². The van der Waals surface area contributed by atoms with Crippen molar-refractivity contribution in [3.8, 4) is 5.75 Å². The normalized spacial score (nSPS) is 10.5. The summed E-state index contributed by atoms with van der Waals surface area (Å²) < 4.78 is 0. The Hall–Kier alpha value is -3.19. The van der Waals surface area contributed by atoms with Crippen molar-refractivity contribution in [1.29, 1.82) is 0 Å². The molecule has 6 nitrogen and oxygen atoms in total. The number of aromatic nitrogens is 1. The monoisotopic (exact) mass is 409 g/mol. The maximum Gasteiger partial charge on any atom is 0.251 e. The second kappa shape index (κ2) is 10.4. The van der Waals surface area contributed by atoms with E-state index in [1.165, 1.54) is 17.7 Å². The maximum absolute atomic E-state index is 12.1. The largest absolute Gasteiger partial charge is 0.508 e. The molecule has 0 fully saturated rings. The molecule has 150 valence electrons. The fourth-order valence-electron chi connectivity index (χ4n) is 2.78. The van der Waals surface area contributed by atoms with E-state index in [9.17, 15) is 14.7 Å². The third-order valence-electron chi connectivity index (χ3n) is 4.21. The first kappa shape index (κ1) is 20.5. The molecule has 1 aromatic heterocycles. The molecule has 0 bridgehead atoms. The molecule has 7 heteroatoms. The minimum Gasteiger partial charge on any atom is -0.508 e. The molecule has 0 spiro atoms. The van der Waals surface area contributed by atoms with Gasteiger partial charge in [-0.25, -0.2) is 4.98 Å². The first-order valence-corrected chi connectivity index (χ1v) is 10.3. The standard InChI is InChI=1S/C22H23N3O3S/c26-19-9-4-8-17(13-19)22(28)24-11-5-10-23-20(27)14-18-15-29-21(25-18)12-16-6-2-1-3-7-16/h1-4,6-9,13,15,26H,5,10-12,14H2,(H,23,27)(H,24,28). The average Bonchev–Trinajstić information content (AvgIpc) is 3.15. The highest BCUT2D eigenvalue weighted by molar-refractivity contribution is 7.09. The van der Waals surface area contributed by atoms with E-state index in [-0.39, 0.29) is 24.0 Å². The van der Waals surface area contributed by atoms with Gasteiger partial charge in [0.2, 0.25) is 5.91 Å². The smallest absolute Gasteiger partial charge is 0.251 e. The molecule has 1 heterocycles. The number of amides is 2. The van der Waals surface area contributed by atoms with Gasteiger partial charge in [-0.05, 0) is 30.2 Å². The minimum atomic E-state index is -0.249. The van der Waals surface area contributed by atoms with Gasteiger partial charge in [0.25, 0.3) is 5.91 Å². The molecule has 0 radical (unpaired) electrons. The quantitative estimate of drug-likeness (QED) is 0.474. The number of carbonyl (C=O) groups is 2. The first-order valence-electron chi connectivity index (χ1n) is 9.41. The summed E-state index contributed by atoms with van der Waals surface area (Å²) in [6.45, 7) is 0.910. The minimum absolute atomic E-state index is 0.0545. The number of nitrogens with one attached hydrogen (secondary N) is 2. The van der Waals surface area contributed by atoms with Gasteiger partial charge in [-0.15, -0.1) is 11.3 Å². The van der Waals surface area contributed by atoms with Crippen molar-refractivity contribution in [2.75, 3.05) is 13.1 Å². The van der Waals surface area contributed by atoms with Crippen LogP contribution >= 0.6 is 11.3 Å². The lowest BCUT2D eigenvalue weighted by Gasteiger charge is -2.07. The molecule has 3 N–H and O–H groups in total. The highest BCUT2D eigenvalue weighted by Crippen LogP contribution is 2.15. The van der Waals surface area contributed by atoms with Crippen LogP contribution < -0.4 is 10.6 Å². The number of nitrogens with zero attached hydrogens (tertiary/aromatic N) is 1. The lowest BCUT2D eigenvalue weighted by Crippen LogP contribution is -2.30. The van der Waals surface area contributed by atoms with E-state index in [1.54, 1.807) is 23.5 Å². The number of carbonyl (C=O) groups excluding carboxylic acids is 2. The summed E-state index contributed by atoms with van der Waals surface area (Å²) in [4.78, 5) is 28.6. The Morgan fingerprint density at radius 2 is 1.79 bits per heavy atom. The molecule has 0 aliphatic rings. The number of thiazole rings is 1. The van der Waals surface area contributed by atoms with E-state index < -0.39 is 0 Å². The SMILES string of the molecule is O=C(Cc1csc(Cc2ccccc2)n1)NCCCNC(=O)c1cccc(O)c1. The average molecular weight is 410 g/mol. The van der Waals surface area contributed by atoms with Crippen LogP contribution in [0.1, 0.15) is 33.0 Å². The maximum atomic E-state index is 12.1. The van der Waals surface area contributed by atoms with Crippen LogP contribution in [0.3, 0.4) is 0 Å². The van der Waals surface area contributed by atoms with E-state index >= 15 is 0 Å². The van der Waals surface area contributed by atoms with Gasteiger partial charge in [-0.2, -0.15) is 0 Å². The number of phenols is 1. The zero-order valence-corrected chi connectivity index (χ0v) is 16.7. The predicted octanol–water partition coefficient (Wildman–Crippen LogP) is 2.92. The van der Waals surface area contributed by atoms with Crippen LogP contribution in [0.2, 0.25) is 0 Å². The molecule has 3 aromatic rings. The Morgan fingerprint density at radius 3 is 2.59 bits per heavy atom. The van der Waals surface area contributed by atoms with Gasteiger partial charge >= 0.3 is 0 Å². The Labute approximate surface area is 173 Å². The molecule has 29 heavy (non-hydrogen) atoms. The molecule has 0 atom stereocenters. The Bertz CT molecular complexity index is 957. The number of hydrogen-bond acceptors (Lipinski definition) is 5. The predicted molar refractivity (Wildman–Crippen MR) is 113 cm³/mol. The molecular weight excluding hydrogens is 386 g/mol. The summed E-state index contributed by atoms with van der Waals surface area (Å²) in [6, 6.07) is 16.3. The third kappa shape index (κ3) is 6.73. The molecule has 0 aliphatic heterocycles. The van der Waals surface area contributed by atoms with Crippen LogP contribution in [0.4, 0.5) is 0 Å². The zero-order valence-electron chi connectivity index (χ0n) is 15.9. The van der Waals surface area contributed by atoms with Crippen LogP contribution in [0.25, 0.3) is 0 Å². The van der Waals surface area contributed by atoms with Crippen LogP contribution in [0, 0.1) is 0 Å². The highest BCUT2D eigenvalue weighted by Gasteiger charge is 2.09. The molecule has 2 amide bonds. The number of rotatable bonds is 9. The van der Waals surface area contributed by atoms with Gasteiger partial charge in [0.15, 0.2) is 0 Å². The van der Waals surface area contributed by atoms with E-state index in [2.05, 4.69) is 27.8 Å². The van der Waals surface area contributed by atoms with Gasteiger partial charge in [0, 0.05) is 30.5 Å². The lowest BCUT2D eigenvalue weighted by molar-refractivity contribution is -0.120. The summed E-state index contributed by atoms with van der Waals surface area (Å²) in [7, 11) is 0. The van der Waals surface area contributed by atoms with Crippen LogP contribution in [0.15, 0.2) is 60.0 Å². The molecule has 2 aromatic carbocycles. The summed E-state index contributed by atoms with van der Waals surface area (Å²) in [5.74, 6) is -0.277. The van der Waals surface area contributed by atoms with E-state index in [4.69, 9.17) is 0 Å². The molecule has 0 unspecified atom stereocenters. The van der Waals surface area contributed by atoms with Crippen LogP contribution in [0.5, 0.6) is 5.75 Å². The topological polar surface area (TPSA) is 91.3 Å². The summed E-state index contributed by atoms with van der Waals surface area (Å²) in [5.41, 5.74) is 2.38. The fourth-order valence-corrected chi connectivity index (χ4v) is 3.60. The zero-order chi connectivity index (χ0) is 20.5. The number of hydrogen-bond donors (Lipinski definition) is 3. The molecule has 0 aliphatic carbocycles. The Balaban J connectivity index is 1.33. The summed E-state index contributed by atoms with van der Waals surface area (Å²) >= 11 is 1.56. The van der Waals surface area contributed by atoms with Crippen molar-refractivity contribution in [1.82, 2.24) is 15.6 Å². The van der Waals surface area contributed by atoms with Crippen molar-refractivity contribution in [3.63, 3.8) is 0 Å². The number of phenolic OH excluding ortho intramolecular Hbond substituents is 1. The number of benzene rings is 2. The fraction of sp³-hybridized carbons (Fsp3) is 0.227. The van der Waals surface area contributed by atoms with Gasteiger partial charge in [-0.1, -0.05) is 36.4 Å². The second-order valence-corrected chi connectivity index (χ2v) is 7.52. The molecule has 0 saturated carbocycles. The van der Waals surface area contributed by atoms with Gasteiger partial charge in [-0.3, -0.25) is 9.59 Å². The highest BCUT2D eigenvalue weighted by atomic mass is 32.1. The Kier molecular flexibility index (Phi) is 7.35. The Morgan fingerprint density at radius 1 is 1.00 bits per heavy atom. The molecular formula is C22H23N3O3S. The van der Waals surface area contributed by atoms with Crippen molar-refractivity contribution in [3.05, 3.63) is 81.8 Å². The number of aromatic hydroxyl groups is 1. The lowest BCUT2D eigenvalue weighted by atomic mass is 10.2. The summed E-state index contributed by atoms with van der Waals surface area (Å²) in [5, 5.41) is 17.9. The van der Waals surface area contributed by atoms with Gasteiger partial charge < -0.3 is 15.7 Å². The van der Waals surface area contributed by atoms with Gasteiger partial charge in [0.05, 0.1) is 17.1 Å². The van der Waals surface area contributed by atoms with E-state index in [0.717, 1.165) is 17.1 Å². The van der Waals surface area contributed by atoms with Crippen molar-refractivity contribution < 1.29 is 14.7 Å². The third-order valence-corrected chi connectivity index (χ3v) is 5.11. The second-order valence-electron chi connectivity index (χ2n) is 6.58.